The van der Waals surface area contributed by atoms with Crippen LogP contribution in [-0.2, 0) is 18.9 Å². The number of benzene rings is 2. The summed E-state index contributed by atoms with van der Waals surface area (Å²) in [6.07, 6.45) is 5.23. The number of thioether (sulfide) groups is 1. The molecule has 2 amide bonds. The van der Waals surface area contributed by atoms with Crippen molar-refractivity contribution in [2.45, 2.75) is 15.2 Å². The van der Waals surface area contributed by atoms with Crippen molar-refractivity contribution in [1.29, 1.82) is 0 Å². The van der Waals surface area contributed by atoms with Gasteiger partial charge in [-0.15, -0.1) is 10.2 Å². The standard InChI is InChI=1S/C22H21N7O2S2/c1-28-11-10-23-21(28)33-18-8-6-16(7-9-18)26-20(31)15-4-3-5-17(12-15)25-19(30)13-32-22-27-24-14-29(22)2/h3-12,14H,13H2,1-2H3,(H,25,30)(H,26,31). The molecule has 0 saturated carbocycles. The number of imidazole rings is 1. The molecule has 2 N–H and O–H groups in total. The normalized spacial score (nSPS) is 10.7. The van der Waals surface area contributed by atoms with Crippen LogP contribution in [0.1, 0.15) is 10.4 Å². The van der Waals surface area contributed by atoms with E-state index in [1.807, 2.05) is 49.1 Å². The Bertz CT molecular complexity index is 1270. The molecule has 0 spiro atoms. The predicted octanol–water partition coefficient (Wildman–Crippen LogP) is 3.68. The quantitative estimate of drug-likeness (QED) is 0.371. The SMILES string of the molecule is Cn1cnnc1SCC(=O)Nc1cccc(C(=O)Nc2ccc(Sc3nccn3C)cc2)c1. The van der Waals surface area contributed by atoms with Crippen LogP contribution in [0.2, 0.25) is 0 Å². The van der Waals surface area contributed by atoms with Crippen LogP contribution in [0.5, 0.6) is 0 Å². The highest BCUT2D eigenvalue weighted by Crippen LogP contribution is 2.27. The van der Waals surface area contributed by atoms with E-state index in [1.165, 1.54) is 11.8 Å². The van der Waals surface area contributed by atoms with Crippen molar-refractivity contribution in [3.8, 4) is 0 Å². The van der Waals surface area contributed by atoms with Gasteiger partial charge in [-0.25, -0.2) is 4.98 Å². The number of nitrogens with zero attached hydrogens (tertiary/aromatic N) is 5. The highest BCUT2D eigenvalue weighted by Gasteiger charge is 2.11. The number of hydrogen-bond acceptors (Lipinski definition) is 7. The Kier molecular flexibility index (Phi) is 7.10. The van der Waals surface area contributed by atoms with Crippen LogP contribution in [0.25, 0.3) is 0 Å². The average molecular weight is 480 g/mol. The molecule has 2 heterocycles. The van der Waals surface area contributed by atoms with Crippen LogP contribution < -0.4 is 10.6 Å². The Balaban J connectivity index is 1.33. The van der Waals surface area contributed by atoms with Gasteiger partial charge in [-0.2, -0.15) is 0 Å². The fourth-order valence-corrected chi connectivity index (χ4v) is 4.32. The first-order valence-electron chi connectivity index (χ1n) is 9.91. The number of aryl methyl sites for hydroxylation is 2. The maximum Gasteiger partial charge on any atom is 0.255 e. The van der Waals surface area contributed by atoms with Crippen molar-refractivity contribution in [3.05, 3.63) is 72.8 Å². The van der Waals surface area contributed by atoms with E-state index < -0.39 is 0 Å². The third kappa shape index (κ3) is 6.02. The third-order valence-electron chi connectivity index (χ3n) is 4.51. The molecule has 0 aliphatic rings. The van der Waals surface area contributed by atoms with E-state index in [1.54, 1.807) is 53.1 Å². The van der Waals surface area contributed by atoms with E-state index in [0.29, 0.717) is 22.1 Å². The molecule has 2 aromatic carbocycles. The summed E-state index contributed by atoms with van der Waals surface area (Å²) in [6.45, 7) is 0. The van der Waals surface area contributed by atoms with Crippen molar-refractivity contribution in [1.82, 2.24) is 24.3 Å². The summed E-state index contributed by atoms with van der Waals surface area (Å²) >= 11 is 2.83. The van der Waals surface area contributed by atoms with Crippen LogP contribution in [0.4, 0.5) is 11.4 Å². The number of carbonyl (C=O) groups is 2. The zero-order chi connectivity index (χ0) is 23.2. The topological polar surface area (TPSA) is 107 Å². The number of aromatic nitrogens is 5. The summed E-state index contributed by atoms with van der Waals surface area (Å²) in [5.74, 6) is -0.267. The summed E-state index contributed by atoms with van der Waals surface area (Å²) in [5, 5.41) is 15.0. The summed E-state index contributed by atoms with van der Waals surface area (Å²) in [4.78, 5) is 30.3. The molecule has 11 heteroatoms. The van der Waals surface area contributed by atoms with E-state index in [-0.39, 0.29) is 17.6 Å². The van der Waals surface area contributed by atoms with Crippen LogP contribution in [0.15, 0.2) is 82.5 Å². The van der Waals surface area contributed by atoms with Gasteiger partial charge in [0.05, 0.1) is 5.75 Å². The second-order valence-corrected chi connectivity index (χ2v) is 9.03. The summed E-state index contributed by atoms with van der Waals surface area (Å²) in [5.41, 5.74) is 1.67. The van der Waals surface area contributed by atoms with E-state index >= 15 is 0 Å². The maximum atomic E-state index is 12.7. The fourth-order valence-electron chi connectivity index (χ4n) is 2.83. The predicted molar refractivity (Wildman–Crippen MR) is 129 cm³/mol. The number of anilines is 2. The largest absolute Gasteiger partial charge is 0.329 e. The van der Waals surface area contributed by atoms with Crippen molar-refractivity contribution < 1.29 is 9.59 Å². The van der Waals surface area contributed by atoms with Gasteiger partial charge in [-0.3, -0.25) is 9.59 Å². The minimum absolute atomic E-state index is 0.186. The molecule has 0 aliphatic heterocycles. The lowest BCUT2D eigenvalue weighted by molar-refractivity contribution is -0.113. The minimum Gasteiger partial charge on any atom is -0.329 e. The molecule has 9 nitrogen and oxygen atoms in total. The van der Waals surface area contributed by atoms with Crippen LogP contribution in [0.3, 0.4) is 0 Å². The van der Waals surface area contributed by atoms with Crippen molar-refractivity contribution in [2.24, 2.45) is 14.1 Å². The summed E-state index contributed by atoms with van der Waals surface area (Å²) < 4.78 is 3.69. The van der Waals surface area contributed by atoms with Gasteiger partial charge in [0.25, 0.3) is 5.91 Å². The lowest BCUT2D eigenvalue weighted by Gasteiger charge is -2.09. The molecule has 0 radical (unpaired) electrons. The molecule has 0 fully saturated rings. The van der Waals surface area contributed by atoms with Crippen LogP contribution in [-0.4, -0.2) is 41.9 Å². The number of nitrogens with one attached hydrogen (secondary N) is 2. The first-order chi connectivity index (χ1) is 16.0. The molecular formula is C22H21N7O2S2. The van der Waals surface area contributed by atoms with Gasteiger partial charge in [0.2, 0.25) is 5.91 Å². The highest BCUT2D eigenvalue weighted by molar-refractivity contribution is 7.99. The van der Waals surface area contributed by atoms with Gasteiger partial charge >= 0.3 is 0 Å². The maximum absolute atomic E-state index is 12.7. The molecule has 168 valence electrons. The van der Waals surface area contributed by atoms with E-state index in [0.717, 1.165) is 10.1 Å². The second-order valence-electron chi connectivity index (χ2n) is 7.04. The Morgan fingerprint density at radius 2 is 1.79 bits per heavy atom. The van der Waals surface area contributed by atoms with Crippen LogP contribution >= 0.6 is 23.5 Å². The average Bonchev–Trinajstić information content (AvgIpc) is 3.41. The van der Waals surface area contributed by atoms with Gasteiger partial charge in [0, 0.05) is 48.3 Å². The molecule has 0 saturated heterocycles. The summed E-state index contributed by atoms with van der Waals surface area (Å²) in [6, 6.07) is 14.4. The Labute approximate surface area is 199 Å². The molecule has 2 aromatic heterocycles. The first kappa shape index (κ1) is 22.6. The lowest BCUT2D eigenvalue weighted by atomic mass is 10.2. The van der Waals surface area contributed by atoms with Crippen LogP contribution in [0, 0.1) is 0 Å². The number of rotatable bonds is 8. The zero-order valence-electron chi connectivity index (χ0n) is 17.9. The molecule has 0 unspecified atom stereocenters. The molecule has 0 atom stereocenters. The third-order valence-corrected chi connectivity index (χ3v) is 6.63. The minimum atomic E-state index is -0.260. The molecular weight excluding hydrogens is 458 g/mol. The fraction of sp³-hybridized carbons (Fsp3) is 0.136. The smallest absolute Gasteiger partial charge is 0.255 e. The van der Waals surface area contributed by atoms with Gasteiger partial charge < -0.3 is 19.8 Å². The zero-order valence-corrected chi connectivity index (χ0v) is 19.6. The molecule has 4 rings (SSSR count). The molecule has 0 aliphatic carbocycles. The highest BCUT2D eigenvalue weighted by atomic mass is 32.2. The lowest BCUT2D eigenvalue weighted by Crippen LogP contribution is -2.16. The monoisotopic (exact) mass is 479 g/mol. The number of amides is 2. The van der Waals surface area contributed by atoms with Gasteiger partial charge in [0.1, 0.15) is 6.33 Å². The number of hydrogen-bond donors (Lipinski definition) is 2. The Hall–Kier alpha value is -3.57. The van der Waals surface area contributed by atoms with Crippen molar-refractivity contribution in [3.63, 3.8) is 0 Å². The molecule has 4 aromatic rings. The van der Waals surface area contributed by atoms with E-state index in [2.05, 4.69) is 25.8 Å². The van der Waals surface area contributed by atoms with Gasteiger partial charge in [-0.1, -0.05) is 29.6 Å². The van der Waals surface area contributed by atoms with Gasteiger partial charge in [0.15, 0.2) is 10.3 Å². The molecule has 33 heavy (non-hydrogen) atoms. The van der Waals surface area contributed by atoms with Crippen molar-refractivity contribution in [2.75, 3.05) is 16.4 Å². The second kappa shape index (κ2) is 10.4. The Morgan fingerprint density at radius 3 is 2.48 bits per heavy atom. The van der Waals surface area contributed by atoms with Gasteiger partial charge in [-0.05, 0) is 42.5 Å². The van der Waals surface area contributed by atoms with Crippen molar-refractivity contribution >= 4 is 46.7 Å². The van der Waals surface area contributed by atoms with E-state index in [9.17, 15) is 9.59 Å². The van der Waals surface area contributed by atoms with E-state index in [4.69, 9.17) is 0 Å². The first-order valence-corrected chi connectivity index (χ1v) is 11.7. The molecule has 0 bridgehead atoms. The Morgan fingerprint density at radius 1 is 0.970 bits per heavy atom. The number of carbonyl (C=O) groups excluding carboxylic acids is 2. The summed E-state index contributed by atoms with van der Waals surface area (Å²) in [7, 11) is 3.76.